The molecule has 2 amide bonds. The lowest BCUT2D eigenvalue weighted by Gasteiger charge is -2.42. The second-order valence-electron chi connectivity index (χ2n) is 8.90. The molecular formula is C24H31ClN4O4. The summed E-state index contributed by atoms with van der Waals surface area (Å²) in [6, 6.07) is 7.27. The Kier molecular flexibility index (Phi) is 7.55. The first-order chi connectivity index (χ1) is 15.9. The number of benzene rings is 1. The molecule has 0 aliphatic carbocycles. The number of aryl methyl sites for hydroxylation is 1. The van der Waals surface area contributed by atoms with Crippen LogP contribution in [0, 0.1) is 12.3 Å². The molecule has 0 unspecified atom stereocenters. The van der Waals surface area contributed by atoms with Crippen molar-refractivity contribution in [3.63, 3.8) is 0 Å². The van der Waals surface area contributed by atoms with E-state index in [1.807, 2.05) is 39.6 Å². The van der Waals surface area contributed by atoms with Gasteiger partial charge in [0.1, 0.15) is 18.1 Å². The fourth-order valence-corrected chi connectivity index (χ4v) is 4.56. The van der Waals surface area contributed by atoms with Crippen molar-refractivity contribution in [2.75, 3.05) is 46.0 Å². The Morgan fingerprint density at radius 2 is 1.73 bits per heavy atom. The molecule has 0 N–H and O–H groups in total. The summed E-state index contributed by atoms with van der Waals surface area (Å²) < 4.78 is 13.4. The number of carbonyl (C=O) groups excluding carboxylic acids is 2. The molecule has 1 aromatic carbocycles. The molecule has 2 aliphatic heterocycles. The number of carbonyl (C=O) groups is 2. The highest BCUT2D eigenvalue weighted by atomic mass is 35.5. The van der Waals surface area contributed by atoms with Gasteiger partial charge < -0.3 is 23.8 Å². The van der Waals surface area contributed by atoms with Crippen LogP contribution >= 0.6 is 11.6 Å². The standard InChI is InChI=1S/C24H31ClN4O4/c1-19-26-8-11-29(19)17-23(31)27-9-6-24(7-10-27,16-22(30)28-12-14-32-15-13-28)18-33-21-4-2-20(25)3-5-21/h2-5,8,11H,6-7,9-10,12-18H2,1H3. The Bertz CT molecular complexity index is 948. The van der Waals surface area contributed by atoms with Crippen molar-refractivity contribution in [3.05, 3.63) is 47.5 Å². The number of aromatic nitrogens is 2. The van der Waals surface area contributed by atoms with Crippen molar-refractivity contribution < 1.29 is 19.1 Å². The zero-order chi connectivity index (χ0) is 23.3. The maximum atomic E-state index is 13.1. The van der Waals surface area contributed by atoms with Gasteiger partial charge in [-0.25, -0.2) is 4.98 Å². The van der Waals surface area contributed by atoms with Crippen LogP contribution in [-0.2, 0) is 20.9 Å². The maximum absolute atomic E-state index is 13.1. The third-order valence-electron chi connectivity index (χ3n) is 6.65. The Hall–Kier alpha value is -2.58. The van der Waals surface area contributed by atoms with Gasteiger partial charge in [0.2, 0.25) is 11.8 Å². The number of hydrogen-bond donors (Lipinski definition) is 0. The minimum atomic E-state index is -0.323. The molecule has 33 heavy (non-hydrogen) atoms. The molecule has 0 radical (unpaired) electrons. The fraction of sp³-hybridized carbons (Fsp3) is 0.542. The third-order valence-corrected chi connectivity index (χ3v) is 6.91. The Morgan fingerprint density at radius 1 is 1.06 bits per heavy atom. The minimum Gasteiger partial charge on any atom is -0.493 e. The average molecular weight is 475 g/mol. The topological polar surface area (TPSA) is 76.9 Å². The average Bonchev–Trinajstić information content (AvgIpc) is 3.24. The minimum absolute atomic E-state index is 0.0721. The largest absolute Gasteiger partial charge is 0.493 e. The van der Waals surface area contributed by atoms with Crippen LogP contribution < -0.4 is 4.74 Å². The summed E-state index contributed by atoms with van der Waals surface area (Å²) in [6.07, 6.45) is 5.36. The number of likely N-dealkylation sites (tertiary alicyclic amines) is 1. The predicted molar refractivity (Wildman–Crippen MR) is 124 cm³/mol. The quantitative estimate of drug-likeness (QED) is 0.616. The van der Waals surface area contributed by atoms with Crippen molar-refractivity contribution in [3.8, 4) is 5.75 Å². The van der Waals surface area contributed by atoms with E-state index in [4.69, 9.17) is 21.1 Å². The molecule has 0 spiro atoms. The molecule has 8 nitrogen and oxygen atoms in total. The zero-order valence-electron chi connectivity index (χ0n) is 19.0. The van der Waals surface area contributed by atoms with E-state index < -0.39 is 0 Å². The van der Waals surface area contributed by atoms with E-state index in [9.17, 15) is 9.59 Å². The predicted octanol–water partition coefficient (Wildman–Crippen LogP) is 2.78. The SMILES string of the molecule is Cc1nccn1CC(=O)N1CCC(COc2ccc(Cl)cc2)(CC(=O)N2CCOCC2)CC1. The molecular weight excluding hydrogens is 444 g/mol. The highest BCUT2D eigenvalue weighted by molar-refractivity contribution is 6.30. The summed E-state index contributed by atoms with van der Waals surface area (Å²) in [5.41, 5.74) is -0.323. The number of nitrogens with zero attached hydrogens (tertiary/aromatic N) is 4. The number of amides is 2. The van der Waals surface area contributed by atoms with Crippen molar-refractivity contribution in [2.24, 2.45) is 5.41 Å². The van der Waals surface area contributed by atoms with Gasteiger partial charge in [-0.1, -0.05) is 11.6 Å². The van der Waals surface area contributed by atoms with E-state index in [0.29, 0.717) is 70.3 Å². The smallest absolute Gasteiger partial charge is 0.242 e. The lowest BCUT2D eigenvalue weighted by atomic mass is 9.75. The highest BCUT2D eigenvalue weighted by Crippen LogP contribution is 2.37. The van der Waals surface area contributed by atoms with Crippen LogP contribution in [-0.4, -0.2) is 77.2 Å². The normalized spacial score (nSPS) is 18.2. The molecule has 9 heteroatoms. The fourth-order valence-electron chi connectivity index (χ4n) is 4.43. The van der Waals surface area contributed by atoms with E-state index in [1.54, 1.807) is 18.3 Å². The number of ether oxygens (including phenoxy) is 2. The van der Waals surface area contributed by atoms with Gasteiger partial charge in [-0.15, -0.1) is 0 Å². The second-order valence-corrected chi connectivity index (χ2v) is 9.33. The van der Waals surface area contributed by atoms with Crippen LogP contribution in [0.4, 0.5) is 0 Å². The van der Waals surface area contributed by atoms with Crippen molar-refractivity contribution in [1.29, 1.82) is 0 Å². The Labute approximate surface area is 199 Å². The van der Waals surface area contributed by atoms with E-state index >= 15 is 0 Å². The van der Waals surface area contributed by atoms with E-state index in [-0.39, 0.29) is 23.8 Å². The van der Waals surface area contributed by atoms with Gasteiger partial charge in [0, 0.05) is 55.4 Å². The maximum Gasteiger partial charge on any atom is 0.242 e. The van der Waals surface area contributed by atoms with Crippen LogP contribution in [0.1, 0.15) is 25.1 Å². The van der Waals surface area contributed by atoms with Crippen LogP contribution in [0.15, 0.2) is 36.7 Å². The van der Waals surface area contributed by atoms with Gasteiger partial charge in [-0.3, -0.25) is 9.59 Å². The second kappa shape index (κ2) is 10.6. The summed E-state index contributed by atoms with van der Waals surface area (Å²) in [5, 5.41) is 0.652. The van der Waals surface area contributed by atoms with Crippen molar-refractivity contribution in [2.45, 2.75) is 32.7 Å². The van der Waals surface area contributed by atoms with Gasteiger partial charge in [0.15, 0.2) is 0 Å². The summed E-state index contributed by atoms with van der Waals surface area (Å²) >= 11 is 5.99. The van der Waals surface area contributed by atoms with Crippen molar-refractivity contribution in [1.82, 2.24) is 19.4 Å². The molecule has 2 aliphatic rings. The van der Waals surface area contributed by atoms with Gasteiger partial charge in [-0.2, -0.15) is 0 Å². The Balaban J connectivity index is 1.41. The summed E-state index contributed by atoms with van der Waals surface area (Å²) in [6.45, 7) is 6.22. The summed E-state index contributed by atoms with van der Waals surface area (Å²) in [4.78, 5) is 33.9. The third kappa shape index (κ3) is 6.06. The first-order valence-electron chi connectivity index (χ1n) is 11.4. The van der Waals surface area contributed by atoms with Gasteiger partial charge in [0.05, 0.1) is 19.8 Å². The summed E-state index contributed by atoms with van der Waals surface area (Å²) in [7, 11) is 0. The molecule has 2 fully saturated rings. The highest BCUT2D eigenvalue weighted by Gasteiger charge is 2.40. The van der Waals surface area contributed by atoms with E-state index in [1.165, 1.54) is 0 Å². The first-order valence-corrected chi connectivity index (χ1v) is 11.8. The molecule has 0 bridgehead atoms. The monoisotopic (exact) mass is 474 g/mol. The molecule has 0 saturated carbocycles. The molecule has 2 saturated heterocycles. The summed E-state index contributed by atoms with van der Waals surface area (Å²) in [5.74, 6) is 1.75. The Morgan fingerprint density at radius 3 is 2.36 bits per heavy atom. The van der Waals surface area contributed by atoms with Crippen LogP contribution in [0.3, 0.4) is 0 Å². The number of rotatable bonds is 7. The van der Waals surface area contributed by atoms with Crippen LogP contribution in [0.5, 0.6) is 5.75 Å². The lowest BCUT2D eigenvalue weighted by Crippen LogP contribution is -2.49. The number of piperidine rings is 1. The molecule has 2 aromatic rings. The molecule has 3 heterocycles. The molecule has 178 valence electrons. The van der Waals surface area contributed by atoms with Gasteiger partial charge >= 0.3 is 0 Å². The zero-order valence-corrected chi connectivity index (χ0v) is 19.8. The molecule has 0 atom stereocenters. The first kappa shape index (κ1) is 23.6. The van der Waals surface area contributed by atoms with E-state index in [0.717, 1.165) is 11.6 Å². The number of hydrogen-bond acceptors (Lipinski definition) is 5. The lowest BCUT2D eigenvalue weighted by molar-refractivity contribution is -0.141. The molecule has 1 aromatic heterocycles. The van der Waals surface area contributed by atoms with Gasteiger partial charge in [0.25, 0.3) is 0 Å². The van der Waals surface area contributed by atoms with Crippen LogP contribution in [0.25, 0.3) is 0 Å². The van der Waals surface area contributed by atoms with E-state index in [2.05, 4.69) is 4.98 Å². The number of halogens is 1. The molecule has 4 rings (SSSR count). The number of morpholine rings is 1. The van der Waals surface area contributed by atoms with Crippen LogP contribution in [0.2, 0.25) is 5.02 Å². The number of imidazole rings is 1. The van der Waals surface area contributed by atoms with Crippen molar-refractivity contribution >= 4 is 23.4 Å². The van der Waals surface area contributed by atoms with Gasteiger partial charge in [-0.05, 0) is 44.0 Å².